The topological polar surface area (TPSA) is 80.0 Å². The Balaban J connectivity index is 1.26. The predicted octanol–water partition coefficient (Wildman–Crippen LogP) is 4.10. The molecule has 0 unspecified atom stereocenters. The zero-order valence-corrected chi connectivity index (χ0v) is 15.9. The smallest absolute Gasteiger partial charge is 0.315 e. The molecule has 1 saturated carbocycles. The van der Waals surface area contributed by atoms with Crippen LogP contribution in [-0.2, 0) is 13.0 Å². The number of aromatic nitrogens is 2. The van der Waals surface area contributed by atoms with Gasteiger partial charge in [0.25, 0.3) is 0 Å². The molecule has 1 fully saturated rings. The van der Waals surface area contributed by atoms with Crippen LogP contribution < -0.4 is 10.6 Å². The van der Waals surface area contributed by atoms with E-state index in [1.165, 1.54) is 18.4 Å². The lowest BCUT2D eigenvalue weighted by atomic mass is 10.1. The van der Waals surface area contributed by atoms with E-state index < -0.39 is 0 Å². The monoisotopic (exact) mass is 376 g/mol. The van der Waals surface area contributed by atoms with E-state index in [0.717, 1.165) is 17.0 Å². The van der Waals surface area contributed by atoms with Crippen LogP contribution in [0.3, 0.4) is 0 Å². The molecule has 0 bridgehead atoms. The molecule has 3 aromatic rings. The van der Waals surface area contributed by atoms with Gasteiger partial charge in [-0.25, -0.2) is 4.79 Å². The molecule has 1 aliphatic carbocycles. The molecular formula is C22H24N4O2. The highest BCUT2D eigenvalue weighted by Gasteiger charge is 2.23. The van der Waals surface area contributed by atoms with E-state index in [9.17, 15) is 4.79 Å². The van der Waals surface area contributed by atoms with Crippen molar-refractivity contribution in [2.45, 2.75) is 44.7 Å². The molecule has 0 spiro atoms. The summed E-state index contributed by atoms with van der Waals surface area (Å²) >= 11 is 0. The van der Waals surface area contributed by atoms with Crippen molar-refractivity contribution in [3.8, 4) is 0 Å². The van der Waals surface area contributed by atoms with Gasteiger partial charge in [-0.05, 0) is 42.4 Å². The van der Waals surface area contributed by atoms with Crippen molar-refractivity contribution in [2.75, 3.05) is 0 Å². The first kappa shape index (κ1) is 18.2. The molecule has 144 valence electrons. The Morgan fingerprint density at radius 1 is 1.11 bits per heavy atom. The van der Waals surface area contributed by atoms with Crippen LogP contribution in [0.5, 0.6) is 0 Å². The van der Waals surface area contributed by atoms with Crippen LogP contribution in [0.1, 0.15) is 60.1 Å². The number of hydrogen-bond acceptors (Lipinski definition) is 4. The number of hydrogen-bond donors (Lipinski definition) is 2. The number of amides is 2. The summed E-state index contributed by atoms with van der Waals surface area (Å²) in [5.41, 5.74) is 3.58. The second-order valence-corrected chi connectivity index (χ2v) is 7.28. The number of rotatable bonds is 7. The number of carbonyl (C=O) groups excluding carboxylic acids is 1. The van der Waals surface area contributed by atoms with Crippen LogP contribution in [0.2, 0.25) is 0 Å². The van der Waals surface area contributed by atoms with Crippen LogP contribution in [0, 0.1) is 0 Å². The fourth-order valence-electron chi connectivity index (χ4n) is 3.11. The largest absolute Gasteiger partial charge is 0.337 e. The molecule has 6 heteroatoms. The van der Waals surface area contributed by atoms with Crippen LogP contribution in [0.4, 0.5) is 4.79 Å². The third-order valence-electron chi connectivity index (χ3n) is 4.89. The van der Waals surface area contributed by atoms with Gasteiger partial charge in [0.1, 0.15) is 6.04 Å². The summed E-state index contributed by atoms with van der Waals surface area (Å²) in [6.07, 6.45) is 3.18. The third kappa shape index (κ3) is 4.76. The lowest BCUT2D eigenvalue weighted by Gasteiger charge is -2.11. The second kappa shape index (κ2) is 8.25. The maximum atomic E-state index is 12.2. The van der Waals surface area contributed by atoms with Gasteiger partial charge in [0.05, 0.1) is 0 Å². The van der Waals surface area contributed by atoms with Gasteiger partial charge >= 0.3 is 6.03 Å². The van der Waals surface area contributed by atoms with E-state index in [-0.39, 0.29) is 12.1 Å². The minimum Gasteiger partial charge on any atom is -0.337 e. The maximum absolute atomic E-state index is 12.2. The first-order valence-corrected chi connectivity index (χ1v) is 9.67. The zero-order valence-electron chi connectivity index (χ0n) is 15.9. The molecule has 0 radical (unpaired) electrons. The van der Waals surface area contributed by atoms with E-state index in [4.69, 9.17) is 4.52 Å². The Hall–Kier alpha value is -3.15. The lowest BCUT2D eigenvalue weighted by Crippen LogP contribution is -2.36. The van der Waals surface area contributed by atoms with Gasteiger partial charge in [0, 0.05) is 13.0 Å². The number of nitrogens with zero attached hydrogens (tertiary/aromatic N) is 2. The Kier molecular flexibility index (Phi) is 5.37. The van der Waals surface area contributed by atoms with Crippen molar-refractivity contribution in [3.63, 3.8) is 0 Å². The van der Waals surface area contributed by atoms with E-state index in [2.05, 4.69) is 45.0 Å². The summed E-state index contributed by atoms with van der Waals surface area (Å²) in [6.45, 7) is 2.30. The molecule has 6 nitrogen and oxygen atoms in total. The van der Waals surface area contributed by atoms with Crippen molar-refractivity contribution in [1.29, 1.82) is 0 Å². The molecule has 28 heavy (non-hydrogen) atoms. The van der Waals surface area contributed by atoms with E-state index in [0.29, 0.717) is 24.7 Å². The molecule has 1 aliphatic rings. The van der Waals surface area contributed by atoms with Gasteiger partial charge in [-0.1, -0.05) is 59.8 Å². The summed E-state index contributed by atoms with van der Waals surface area (Å²) in [6, 6.07) is 17.8. The van der Waals surface area contributed by atoms with Crippen molar-refractivity contribution in [1.82, 2.24) is 20.8 Å². The Bertz CT molecular complexity index is 917. The molecule has 2 N–H and O–H groups in total. The molecule has 2 aromatic carbocycles. The Morgan fingerprint density at radius 3 is 2.57 bits per heavy atom. The van der Waals surface area contributed by atoms with Crippen molar-refractivity contribution in [2.24, 2.45) is 0 Å². The van der Waals surface area contributed by atoms with E-state index in [1.807, 2.05) is 37.3 Å². The highest BCUT2D eigenvalue weighted by atomic mass is 16.5. The summed E-state index contributed by atoms with van der Waals surface area (Å²) in [7, 11) is 0. The van der Waals surface area contributed by atoms with E-state index >= 15 is 0 Å². The summed E-state index contributed by atoms with van der Waals surface area (Å²) in [5.74, 6) is 1.74. The zero-order chi connectivity index (χ0) is 19.3. The van der Waals surface area contributed by atoms with E-state index in [1.54, 1.807) is 0 Å². The number of carbonyl (C=O) groups is 1. The molecular weight excluding hydrogens is 352 g/mol. The maximum Gasteiger partial charge on any atom is 0.315 e. The Morgan fingerprint density at radius 2 is 1.86 bits per heavy atom. The van der Waals surface area contributed by atoms with Gasteiger partial charge in [-0.15, -0.1) is 0 Å². The fourth-order valence-corrected chi connectivity index (χ4v) is 3.11. The number of urea groups is 1. The fraction of sp³-hybridized carbons (Fsp3) is 0.318. The van der Waals surface area contributed by atoms with Crippen LogP contribution >= 0.6 is 0 Å². The average molecular weight is 376 g/mol. The van der Waals surface area contributed by atoms with Crippen LogP contribution in [0.15, 0.2) is 59.1 Å². The second-order valence-electron chi connectivity index (χ2n) is 7.28. The quantitative estimate of drug-likeness (QED) is 0.651. The van der Waals surface area contributed by atoms with Gasteiger partial charge < -0.3 is 15.2 Å². The predicted molar refractivity (Wildman–Crippen MR) is 106 cm³/mol. The summed E-state index contributed by atoms with van der Waals surface area (Å²) < 4.78 is 5.30. The SMILES string of the molecule is C[C@@H](NC(=O)NCc1ccc(C2CC2)cc1)c1nc(Cc2ccccc2)no1. The van der Waals surface area contributed by atoms with Gasteiger partial charge in [0.2, 0.25) is 5.89 Å². The summed E-state index contributed by atoms with van der Waals surface area (Å²) in [4.78, 5) is 16.6. The molecule has 1 aromatic heterocycles. The molecule has 1 atom stereocenters. The van der Waals surface area contributed by atoms with Crippen molar-refractivity contribution >= 4 is 6.03 Å². The highest BCUT2D eigenvalue weighted by molar-refractivity contribution is 5.74. The van der Waals surface area contributed by atoms with Gasteiger partial charge in [-0.3, -0.25) is 0 Å². The summed E-state index contributed by atoms with van der Waals surface area (Å²) in [5, 5.41) is 9.71. The molecule has 2 amide bonds. The first-order chi connectivity index (χ1) is 13.7. The minimum atomic E-state index is -0.366. The minimum absolute atomic E-state index is 0.262. The van der Waals surface area contributed by atoms with Gasteiger partial charge in [0.15, 0.2) is 5.82 Å². The standard InChI is InChI=1S/C22H24N4O2/c1-15(21-25-20(26-28-21)13-16-5-3-2-4-6-16)24-22(27)23-14-17-7-9-18(10-8-17)19-11-12-19/h2-10,15,19H,11-14H2,1H3,(H2,23,24,27)/t15-/m1/s1. The van der Waals surface area contributed by atoms with Gasteiger partial charge in [-0.2, -0.15) is 4.98 Å². The highest BCUT2D eigenvalue weighted by Crippen LogP contribution is 2.39. The third-order valence-corrected chi connectivity index (χ3v) is 4.89. The molecule has 1 heterocycles. The molecule has 0 saturated heterocycles. The van der Waals surface area contributed by atoms with Crippen molar-refractivity contribution < 1.29 is 9.32 Å². The first-order valence-electron chi connectivity index (χ1n) is 9.67. The normalized spacial score (nSPS) is 14.5. The van der Waals surface area contributed by atoms with Crippen molar-refractivity contribution in [3.05, 3.63) is 83.0 Å². The number of nitrogens with one attached hydrogen (secondary N) is 2. The molecule has 0 aliphatic heterocycles. The Labute approximate surface area is 164 Å². The van der Waals surface area contributed by atoms with Crippen LogP contribution in [0.25, 0.3) is 0 Å². The lowest BCUT2D eigenvalue weighted by molar-refractivity contribution is 0.233. The van der Waals surface area contributed by atoms with Crippen LogP contribution in [-0.4, -0.2) is 16.2 Å². The molecule has 4 rings (SSSR count). The average Bonchev–Trinajstić information content (AvgIpc) is 3.46. The number of benzene rings is 2.